The molecule has 0 aliphatic carbocycles. The van der Waals surface area contributed by atoms with Gasteiger partial charge in [0.05, 0.1) is 4.92 Å². The Kier molecular flexibility index (Phi) is 9.39. The van der Waals surface area contributed by atoms with E-state index in [9.17, 15) is 15.2 Å². The first-order valence-electron chi connectivity index (χ1n) is 12.0. The highest BCUT2D eigenvalue weighted by Crippen LogP contribution is 2.44. The van der Waals surface area contributed by atoms with Crippen LogP contribution in [0.5, 0.6) is 11.5 Å². The van der Waals surface area contributed by atoms with E-state index in [1.807, 2.05) is 26.8 Å². The number of allylic oxidation sites excluding steroid dienone is 2. The molecule has 1 N–H and O–H groups in total. The van der Waals surface area contributed by atoms with Crippen molar-refractivity contribution in [1.82, 2.24) is 0 Å². The lowest BCUT2D eigenvalue weighted by Crippen LogP contribution is -2.37. The van der Waals surface area contributed by atoms with Crippen molar-refractivity contribution in [2.24, 2.45) is 0 Å². The van der Waals surface area contributed by atoms with Crippen LogP contribution in [-0.2, 0) is 6.42 Å². The van der Waals surface area contributed by atoms with Gasteiger partial charge in [0, 0.05) is 12.0 Å². The second-order valence-electron chi connectivity index (χ2n) is 9.45. The van der Waals surface area contributed by atoms with Crippen LogP contribution in [0, 0.1) is 30.9 Å². The van der Waals surface area contributed by atoms with Crippen molar-refractivity contribution in [3.8, 4) is 11.5 Å². The van der Waals surface area contributed by atoms with Crippen molar-refractivity contribution in [2.75, 3.05) is 0 Å². The summed E-state index contributed by atoms with van der Waals surface area (Å²) in [6, 6.07) is 0. The van der Waals surface area contributed by atoms with Crippen LogP contribution in [0.25, 0.3) is 0 Å². The van der Waals surface area contributed by atoms with Crippen LogP contribution in [0.4, 0.5) is 0 Å². The number of hydrogen-bond donors (Lipinski definition) is 1. The average Bonchev–Trinajstić information content (AvgIpc) is 2.74. The molecule has 1 heterocycles. The first kappa shape index (κ1) is 25.2. The Labute approximate surface area is 188 Å². The average molecular weight is 432 g/mol. The Balaban J connectivity index is 1.93. The predicted molar refractivity (Wildman–Crippen MR) is 127 cm³/mol. The molecular weight excluding hydrogens is 390 g/mol. The van der Waals surface area contributed by atoms with Gasteiger partial charge >= 0.3 is 0 Å². The minimum absolute atomic E-state index is 0.223. The van der Waals surface area contributed by atoms with E-state index in [2.05, 4.69) is 13.8 Å². The monoisotopic (exact) mass is 431 g/mol. The fourth-order valence-corrected chi connectivity index (χ4v) is 4.50. The lowest BCUT2D eigenvalue weighted by molar-refractivity contribution is -0.428. The van der Waals surface area contributed by atoms with Gasteiger partial charge in [0.1, 0.15) is 17.1 Å². The van der Waals surface area contributed by atoms with Crippen molar-refractivity contribution in [3.63, 3.8) is 0 Å². The number of nitro groups is 1. The maximum Gasteiger partial charge on any atom is 0.242 e. The Bertz CT molecular complexity index is 799. The second kappa shape index (κ2) is 11.5. The molecule has 5 nitrogen and oxygen atoms in total. The summed E-state index contributed by atoms with van der Waals surface area (Å²) in [5.41, 5.74) is 3.66. The van der Waals surface area contributed by atoms with Crippen LogP contribution >= 0.6 is 0 Å². The van der Waals surface area contributed by atoms with Crippen LogP contribution in [0.2, 0.25) is 0 Å². The standard InChI is InChI=1S/C26H41NO4/c1-6-7-8-9-10-11-12-13-14-22(27(29)30)15-17-26(5)18-16-23-21(4)24(28)19(2)20(3)25(23)31-26/h14,28H,6-13,15-18H2,1-5H3. The number of ether oxygens (including phenoxy) is 1. The van der Waals surface area contributed by atoms with Gasteiger partial charge in [-0.05, 0) is 82.6 Å². The minimum atomic E-state index is -0.429. The summed E-state index contributed by atoms with van der Waals surface area (Å²) in [5, 5.41) is 21.9. The number of benzene rings is 1. The number of nitrogens with zero attached hydrogens (tertiary/aromatic N) is 1. The molecule has 0 saturated heterocycles. The molecule has 0 bridgehead atoms. The van der Waals surface area contributed by atoms with Crippen molar-refractivity contribution < 1.29 is 14.8 Å². The number of phenolic OH excluding ortho intramolecular Hbond substituents is 1. The van der Waals surface area contributed by atoms with E-state index >= 15 is 0 Å². The van der Waals surface area contributed by atoms with Crippen molar-refractivity contribution in [1.29, 1.82) is 0 Å². The predicted octanol–water partition coefficient (Wildman–Crippen LogP) is 7.48. The minimum Gasteiger partial charge on any atom is -0.507 e. The molecule has 1 aromatic rings. The van der Waals surface area contributed by atoms with E-state index in [1.54, 1.807) is 0 Å². The lowest BCUT2D eigenvalue weighted by atomic mass is 9.84. The molecular formula is C26H41NO4. The zero-order valence-electron chi connectivity index (χ0n) is 20.2. The van der Waals surface area contributed by atoms with Gasteiger partial charge in [0.2, 0.25) is 5.70 Å². The quantitative estimate of drug-likeness (QED) is 0.211. The van der Waals surface area contributed by atoms with E-state index in [0.29, 0.717) is 24.3 Å². The number of unbranched alkanes of at least 4 members (excludes halogenated alkanes) is 7. The van der Waals surface area contributed by atoms with Crippen molar-refractivity contribution in [2.45, 2.75) is 117 Å². The van der Waals surface area contributed by atoms with Crippen LogP contribution in [-0.4, -0.2) is 15.6 Å². The largest absolute Gasteiger partial charge is 0.507 e. The number of aromatic hydroxyl groups is 1. The topological polar surface area (TPSA) is 72.6 Å². The summed E-state index contributed by atoms with van der Waals surface area (Å²) in [5.74, 6) is 1.21. The van der Waals surface area contributed by atoms with Gasteiger partial charge in [-0.15, -0.1) is 0 Å². The normalized spacial score (nSPS) is 18.5. The van der Waals surface area contributed by atoms with Gasteiger partial charge in [-0.25, -0.2) is 0 Å². The molecule has 0 spiro atoms. The second-order valence-corrected chi connectivity index (χ2v) is 9.45. The Morgan fingerprint density at radius 3 is 2.39 bits per heavy atom. The molecule has 1 aliphatic rings. The lowest BCUT2D eigenvalue weighted by Gasteiger charge is -2.38. The molecule has 5 heteroatoms. The summed E-state index contributed by atoms with van der Waals surface area (Å²) >= 11 is 0. The zero-order valence-corrected chi connectivity index (χ0v) is 20.2. The summed E-state index contributed by atoms with van der Waals surface area (Å²) in [4.78, 5) is 11.3. The van der Waals surface area contributed by atoms with Crippen LogP contribution in [0.3, 0.4) is 0 Å². The van der Waals surface area contributed by atoms with Gasteiger partial charge in [-0.1, -0.05) is 45.4 Å². The highest BCUT2D eigenvalue weighted by molar-refractivity contribution is 5.58. The fourth-order valence-electron chi connectivity index (χ4n) is 4.50. The first-order valence-corrected chi connectivity index (χ1v) is 12.0. The molecule has 1 atom stereocenters. The summed E-state index contributed by atoms with van der Waals surface area (Å²) in [7, 11) is 0. The molecule has 1 aromatic carbocycles. The molecule has 0 aromatic heterocycles. The van der Waals surface area contributed by atoms with E-state index in [4.69, 9.17) is 4.74 Å². The van der Waals surface area contributed by atoms with E-state index in [1.165, 1.54) is 32.1 Å². The van der Waals surface area contributed by atoms with Crippen LogP contribution in [0.15, 0.2) is 11.8 Å². The van der Waals surface area contributed by atoms with Crippen molar-refractivity contribution >= 4 is 0 Å². The van der Waals surface area contributed by atoms with Gasteiger partial charge < -0.3 is 9.84 Å². The SMILES string of the molecule is CCCCCCCCCC=C(CCC1(C)CCc2c(C)c(O)c(C)c(C)c2O1)[N+](=O)[O-]. The van der Waals surface area contributed by atoms with Gasteiger partial charge in [0.15, 0.2) is 0 Å². The maximum absolute atomic E-state index is 11.6. The summed E-state index contributed by atoms with van der Waals surface area (Å²) in [6.07, 6.45) is 13.8. The number of fused-ring (bicyclic) bond motifs is 1. The molecule has 0 fully saturated rings. The number of rotatable bonds is 12. The molecule has 1 aliphatic heterocycles. The zero-order chi connectivity index (χ0) is 23.0. The highest BCUT2D eigenvalue weighted by atomic mass is 16.6. The third kappa shape index (κ3) is 6.72. The van der Waals surface area contributed by atoms with Gasteiger partial charge in [0.25, 0.3) is 0 Å². The van der Waals surface area contributed by atoms with E-state index < -0.39 is 5.60 Å². The third-order valence-electron chi connectivity index (χ3n) is 6.92. The third-order valence-corrected chi connectivity index (χ3v) is 6.92. The van der Waals surface area contributed by atoms with Crippen LogP contribution in [0.1, 0.15) is 107 Å². The summed E-state index contributed by atoms with van der Waals surface area (Å²) < 4.78 is 6.43. The first-order chi connectivity index (χ1) is 14.7. The molecule has 0 radical (unpaired) electrons. The maximum atomic E-state index is 11.6. The van der Waals surface area contributed by atoms with Crippen molar-refractivity contribution in [3.05, 3.63) is 44.1 Å². The highest BCUT2D eigenvalue weighted by Gasteiger charge is 2.35. The molecule has 174 valence electrons. The molecule has 0 amide bonds. The smallest absolute Gasteiger partial charge is 0.242 e. The molecule has 31 heavy (non-hydrogen) atoms. The van der Waals surface area contributed by atoms with E-state index in [-0.39, 0.29) is 4.92 Å². The fraction of sp³-hybridized carbons (Fsp3) is 0.692. The molecule has 0 saturated carbocycles. The Hall–Kier alpha value is -2.04. The van der Waals surface area contributed by atoms with Gasteiger partial charge in [-0.3, -0.25) is 10.1 Å². The molecule has 1 unspecified atom stereocenters. The number of phenols is 1. The number of hydrogen-bond acceptors (Lipinski definition) is 4. The van der Waals surface area contributed by atoms with Gasteiger partial charge in [-0.2, -0.15) is 0 Å². The summed E-state index contributed by atoms with van der Waals surface area (Å²) in [6.45, 7) is 10.1. The van der Waals surface area contributed by atoms with Crippen LogP contribution < -0.4 is 4.74 Å². The molecule has 2 rings (SSSR count). The van der Waals surface area contributed by atoms with E-state index in [0.717, 1.165) is 60.1 Å². The Morgan fingerprint density at radius 1 is 1.10 bits per heavy atom. The Morgan fingerprint density at radius 2 is 1.74 bits per heavy atom.